The molecule has 1 saturated heterocycles. The zero-order valence-corrected chi connectivity index (χ0v) is 14.4. The Kier molecular flexibility index (Phi) is 4.44. The van der Waals surface area contributed by atoms with Crippen molar-refractivity contribution in [3.8, 4) is 11.3 Å². The van der Waals surface area contributed by atoms with Crippen LogP contribution in [0.2, 0.25) is 0 Å². The topological polar surface area (TPSA) is 48.1 Å². The third-order valence-electron chi connectivity index (χ3n) is 5.73. The van der Waals surface area contributed by atoms with Crippen molar-refractivity contribution in [2.45, 2.75) is 37.8 Å². The van der Waals surface area contributed by atoms with Crippen LogP contribution in [0.3, 0.4) is 0 Å². The summed E-state index contributed by atoms with van der Waals surface area (Å²) in [7, 11) is 0. The number of benzene rings is 1. The van der Waals surface area contributed by atoms with Gasteiger partial charge >= 0.3 is 0 Å². The number of nitrogens with one attached hydrogen (secondary N) is 2. The van der Waals surface area contributed by atoms with Crippen LogP contribution < -0.4 is 10.9 Å². The van der Waals surface area contributed by atoms with Crippen molar-refractivity contribution in [1.29, 1.82) is 0 Å². The summed E-state index contributed by atoms with van der Waals surface area (Å²) in [6, 6.07) is 10.0. The Hall–Kier alpha value is -1.98. The normalized spacial score (nSPS) is 20.2. The van der Waals surface area contributed by atoms with Crippen molar-refractivity contribution < 1.29 is 4.39 Å². The van der Waals surface area contributed by atoms with Crippen molar-refractivity contribution in [2.24, 2.45) is 0 Å². The summed E-state index contributed by atoms with van der Waals surface area (Å²) in [5, 5.41) is 3.52. The van der Waals surface area contributed by atoms with E-state index in [0.29, 0.717) is 6.54 Å². The van der Waals surface area contributed by atoms with Gasteiger partial charge in [-0.2, -0.15) is 0 Å². The van der Waals surface area contributed by atoms with E-state index < -0.39 is 0 Å². The summed E-state index contributed by atoms with van der Waals surface area (Å²) in [6.45, 7) is 3.69. The van der Waals surface area contributed by atoms with Gasteiger partial charge in [-0.05, 0) is 48.7 Å². The highest BCUT2D eigenvalue weighted by molar-refractivity contribution is 5.58. The molecule has 0 amide bonds. The Balaban J connectivity index is 1.56. The van der Waals surface area contributed by atoms with Crippen molar-refractivity contribution in [3.63, 3.8) is 0 Å². The number of hydrogen-bond acceptors (Lipinski definition) is 3. The van der Waals surface area contributed by atoms with Crippen LogP contribution in [0.1, 0.15) is 31.2 Å². The number of pyridine rings is 1. The molecule has 2 fully saturated rings. The minimum atomic E-state index is -0.275. The monoisotopic (exact) mass is 341 g/mol. The maximum absolute atomic E-state index is 13.1. The van der Waals surface area contributed by atoms with E-state index in [9.17, 15) is 9.18 Å². The number of piperazine rings is 1. The lowest BCUT2D eigenvalue weighted by Gasteiger charge is -2.45. The first-order valence-electron chi connectivity index (χ1n) is 9.10. The molecule has 2 aromatic rings. The predicted octanol–water partition coefficient (Wildman–Crippen LogP) is 2.90. The maximum atomic E-state index is 13.1. The number of aromatic nitrogens is 1. The maximum Gasteiger partial charge on any atom is 0.252 e. The predicted molar refractivity (Wildman–Crippen MR) is 96.9 cm³/mol. The van der Waals surface area contributed by atoms with Crippen LogP contribution in [0.25, 0.3) is 11.3 Å². The first kappa shape index (κ1) is 16.5. The molecule has 1 aromatic heterocycles. The summed E-state index contributed by atoms with van der Waals surface area (Å²) in [6.07, 6.45) is 4.98. The molecule has 4 rings (SSSR count). The summed E-state index contributed by atoms with van der Waals surface area (Å²) in [5.41, 5.74) is 2.53. The third kappa shape index (κ3) is 3.26. The van der Waals surface area contributed by atoms with Gasteiger partial charge in [0.1, 0.15) is 5.82 Å². The molecule has 1 spiro atoms. The molecule has 25 heavy (non-hydrogen) atoms. The van der Waals surface area contributed by atoms with Crippen molar-refractivity contribution in [1.82, 2.24) is 15.2 Å². The second kappa shape index (κ2) is 6.73. The number of aromatic amines is 1. The quantitative estimate of drug-likeness (QED) is 0.902. The molecular weight excluding hydrogens is 317 g/mol. The van der Waals surface area contributed by atoms with Gasteiger partial charge in [0, 0.05) is 43.0 Å². The van der Waals surface area contributed by atoms with Crippen LogP contribution in [-0.2, 0) is 6.54 Å². The third-order valence-corrected chi connectivity index (χ3v) is 5.73. The summed E-state index contributed by atoms with van der Waals surface area (Å²) < 4.78 is 13.1. The minimum Gasteiger partial charge on any atom is -0.322 e. The van der Waals surface area contributed by atoms with E-state index in [-0.39, 0.29) is 16.9 Å². The first-order chi connectivity index (χ1) is 12.2. The number of nitrogens with zero attached hydrogens (tertiary/aromatic N) is 1. The van der Waals surface area contributed by atoms with Gasteiger partial charge in [0.25, 0.3) is 5.56 Å². The van der Waals surface area contributed by atoms with E-state index in [1.807, 2.05) is 12.1 Å². The van der Waals surface area contributed by atoms with Crippen molar-refractivity contribution in [3.05, 3.63) is 58.1 Å². The van der Waals surface area contributed by atoms with E-state index in [1.54, 1.807) is 12.1 Å². The van der Waals surface area contributed by atoms with Gasteiger partial charge < -0.3 is 10.3 Å². The van der Waals surface area contributed by atoms with Crippen LogP contribution in [0.5, 0.6) is 0 Å². The highest BCUT2D eigenvalue weighted by atomic mass is 19.1. The zero-order valence-electron chi connectivity index (χ0n) is 14.4. The molecule has 1 aliphatic heterocycles. The van der Waals surface area contributed by atoms with Crippen LogP contribution in [0.4, 0.5) is 4.39 Å². The Labute approximate surface area is 147 Å². The van der Waals surface area contributed by atoms with E-state index in [1.165, 1.54) is 37.8 Å². The van der Waals surface area contributed by atoms with Crippen LogP contribution in [0.15, 0.2) is 41.2 Å². The van der Waals surface area contributed by atoms with E-state index in [4.69, 9.17) is 0 Å². The lowest BCUT2D eigenvalue weighted by molar-refractivity contribution is 0.0569. The van der Waals surface area contributed by atoms with Gasteiger partial charge in [0.15, 0.2) is 0 Å². The highest BCUT2D eigenvalue weighted by Gasteiger charge is 2.41. The van der Waals surface area contributed by atoms with Gasteiger partial charge in [-0.15, -0.1) is 0 Å². The van der Waals surface area contributed by atoms with E-state index in [0.717, 1.165) is 36.5 Å². The number of rotatable bonds is 3. The zero-order chi connectivity index (χ0) is 17.3. The van der Waals surface area contributed by atoms with E-state index >= 15 is 0 Å². The highest BCUT2D eigenvalue weighted by Crippen LogP contribution is 2.36. The van der Waals surface area contributed by atoms with Crippen LogP contribution >= 0.6 is 0 Å². The largest absolute Gasteiger partial charge is 0.322 e. The summed E-state index contributed by atoms with van der Waals surface area (Å²) in [5.74, 6) is -0.275. The van der Waals surface area contributed by atoms with Crippen molar-refractivity contribution in [2.75, 3.05) is 19.6 Å². The number of halogens is 1. The molecule has 5 heteroatoms. The summed E-state index contributed by atoms with van der Waals surface area (Å²) in [4.78, 5) is 18.0. The molecule has 132 valence electrons. The fraction of sp³-hybridized carbons (Fsp3) is 0.450. The lowest BCUT2D eigenvalue weighted by atomic mass is 9.92. The Bertz CT molecular complexity index is 793. The molecular formula is C20H24FN3O. The molecule has 2 N–H and O–H groups in total. The average molecular weight is 341 g/mol. The number of H-pyrrole nitrogens is 1. The Morgan fingerprint density at radius 2 is 1.84 bits per heavy atom. The second-order valence-electron chi connectivity index (χ2n) is 7.26. The molecule has 0 radical (unpaired) electrons. The first-order valence-corrected chi connectivity index (χ1v) is 9.10. The molecule has 0 unspecified atom stereocenters. The SMILES string of the molecule is O=c1[nH]c(-c2ccc(F)cc2)ccc1CN1CCNCC12CCCC2. The minimum absolute atomic E-state index is 0.0477. The molecule has 2 heterocycles. The van der Waals surface area contributed by atoms with Gasteiger partial charge in [-0.1, -0.05) is 18.9 Å². The van der Waals surface area contributed by atoms with Crippen LogP contribution in [-0.4, -0.2) is 35.1 Å². The molecule has 0 bridgehead atoms. The second-order valence-corrected chi connectivity index (χ2v) is 7.26. The molecule has 2 aliphatic rings. The Morgan fingerprint density at radius 1 is 1.08 bits per heavy atom. The average Bonchev–Trinajstić information content (AvgIpc) is 3.08. The molecule has 1 aromatic carbocycles. The lowest BCUT2D eigenvalue weighted by Crippen LogP contribution is -2.59. The van der Waals surface area contributed by atoms with Gasteiger partial charge in [0.2, 0.25) is 0 Å². The van der Waals surface area contributed by atoms with Crippen molar-refractivity contribution >= 4 is 0 Å². The van der Waals surface area contributed by atoms with Gasteiger partial charge in [-0.25, -0.2) is 4.39 Å². The van der Waals surface area contributed by atoms with Gasteiger partial charge in [0.05, 0.1) is 0 Å². The molecule has 1 aliphatic carbocycles. The standard InChI is InChI=1S/C20H24FN3O/c21-17-6-3-15(4-7-17)18-8-5-16(19(25)23-18)13-24-12-11-22-14-20(24)9-1-2-10-20/h3-8,22H,1-2,9-14H2,(H,23,25). The molecule has 4 nitrogen and oxygen atoms in total. The fourth-order valence-corrected chi connectivity index (χ4v) is 4.29. The van der Waals surface area contributed by atoms with Gasteiger partial charge in [-0.3, -0.25) is 9.69 Å². The molecule has 1 saturated carbocycles. The van der Waals surface area contributed by atoms with Crippen LogP contribution in [0, 0.1) is 5.82 Å². The van der Waals surface area contributed by atoms with E-state index in [2.05, 4.69) is 15.2 Å². The molecule has 0 atom stereocenters. The summed E-state index contributed by atoms with van der Waals surface area (Å²) >= 11 is 0. The smallest absolute Gasteiger partial charge is 0.252 e. The number of hydrogen-bond donors (Lipinski definition) is 2. The fourth-order valence-electron chi connectivity index (χ4n) is 4.29. The Morgan fingerprint density at radius 3 is 2.56 bits per heavy atom.